The lowest BCUT2D eigenvalue weighted by atomic mass is 10.1. The van der Waals surface area contributed by atoms with E-state index in [-0.39, 0.29) is 5.92 Å². The van der Waals surface area contributed by atoms with Crippen LogP contribution in [0.2, 0.25) is 0 Å². The summed E-state index contributed by atoms with van der Waals surface area (Å²) in [5.74, 6) is -0.976. The van der Waals surface area contributed by atoms with Crippen molar-refractivity contribution in [3.05, 3.63) is 0 Å². The lowest BCUT2D eigenvalue weighted by Gasteiger charge is -2.26. The number of carbonyl (C=O) groups excluding carboxylic acids is 1. The van der Waals surface area contributed by atoms with Crippen LogP contribution in [-0.4, -0.2) is 46.8 Å². The fourth-order valence-electron chi connectivity index (χ4n) is 1.85. The highest BCUT2D eigenvalue weighted by Crippen LogP contribution is 2.24. The first-order chi connectivity index (χ1) is 7.74. The molecule has 1 aliphatic heterocycles. The number of amides is 1. The van der Waals surface area contributed by atoms with Crippen LogP contribution in [0.1, 0.15) is 27.2 Å². The quantitative estimate of drug-likeness (QED) is 0.744. The number of carbonyl (C=O) groups is 2. The molecule has 6 nitrogen and oxygen atoms in total. The van der Waals surface area contributed by atoms with Crippen molar-refractivity contribution < 1.29 is 19.4 Å². The largest absolute Gasteiger partial charge is 0.480 e. The van der Waals surface area contributed by atoms with Crippen LogP contribution in [0.3, 0.4) is 0 Å². The predicted molar refractivity (Wildman–Crippen MR) is 61.5 cm³/mol. The van der Waals surface area contributed by atoms with E-state index in [1.807, 2.05) is 0 Å². The molecule has 0 aromatic rings. The van der Waals surface area contributed by atoms with Crippen molar-refractivity contribution in [3.8, 4) is 0 Å². The molecule has 0 spiro atoms. The third kappa shape index (κ3) is 3.59. The molecule has 1 amide bonds. The van der Waals surface area contributed by atoms with Gasteiger partial charge in [0.15, 0.2) is 0 Å². The molecular formula is C11H20N2O4. The molecule has 0 radical (unpaired) electrons. The number of carboxylic acid groups (broad SMARTS) is 1. The molecule has 3 N–H and O–H groups in total. The van der Waals surface area contributed by atoms with Crippen LogP contribution in [-0.2, 0) is 9.53 Å². The van der Waals surface area contributed by atoms with Gasteiger partial charge in [0.25, 0.3) is 0 Å². The van der Waals surface area contributed by atoms with Crippen LogP contribution < -0.4 is 5.73 Å². The minimum absolute atomic E-state index is 0.0311. The summed E-state index contributed by atoms with van der Waals surface area (Å²) in [7, 11) is 0. The second-order valence-corrected chi connectivity index (χ2v) is 5.32. The van der Waals surface area contributed by atoms with Gasteiger partial charge in [0.1, 0.15) is 11.6 Å². The Labute approximate surface area is 101 Å². The summed E-state index contributed by atoms with van der Waals surface area (Å²) in [4.78, 5) is 24.1. The number of hydrogen-bond donors (Lipinski definition) is 2. The standard InChI is InChI=1S/C11H20N2O4/c1-11(2,3)17-10(16)13-6-7(5-12)4-8(13)9(14)15/h7-8H,4-6,12H2,1-3H3,(H,14,15)/t7-,8-/m0/s1. The monoisotopic (exact) mass is 244 g/mol. The van der Waals surface area contributed by atoms with Gasteiger partial charge in [-0.05, 0) is 39.7 Å². The number of rotatable bonds is 2. The molecule has 1 heterocycles. The zero-order valence-electron chi connectivity index (χ0n) is 10.5. The Morgan fingerprint density at radius 1 is 1.47 bits per heavy atom. The van der Waals surface area contributed by atoms with Gasteiger partial charge in [0.2, 0.25) is 0 Å². The normalized spacial score (nSPS) is 24.8. The molecule has 6 heteroatoms. The number of nitrogens with two attached hydrogens (primary N) is 1. The summed E-state index contributed by atoms with van der Waals surface area (Å²) in [6, 6.07) is -0.821. The van der Waals surface area contributed by atoms with Crippen molar-refractivity contribution in [1.82, 2.24) is 4.90 Å². The third-order valence-electron chi connectivity index (χ3n) is 2.63. The topological polar surface area (TPSA) is 92.9 Å². The Morgan fingerprint density at radius 3 is 2.47 bits per heavy atom. The molecule has 2 atom stereocenters. The van der Waals surface area contributed by atoms with Crippen LogP contribution >= 0.6 is 0 Å². The fourth-order valence-corrected chi connectivity index (χ4v) is 1.85. The number of nitrogens with zero attached hydrogens (tertiary/aromatic N) is 1. The molecule has 0 unspecified atom stereocenters. The van der Waals surface area contributed by atoms with Crippen LogP contribution in [0.15, 0.2) is 0 Å². The number of carboxylic acids is 1. The summed E-state index contributed by atoms with van der Waals surface area (Å²) in [6.45, 7) is 5.97. The van der Waals surface area contributed by atoms with E-state index in [1.54, 1.807) is 20.8 Å². The molecule has 0 aromatic carbocycles. The van der Waals surface area contributed by atoms with E-state index in [4.69, 9.17) is 15.6 Å². The highest BCUT2D eigenvalue weighted by Gasteiger charge is 2.40. The van der Waals surface area contributed by atoms with Crippen LogP contribution in [0, 0.1) is 5.92 Å². The van der Waals surface area contributed by atoms with Crippen molar-refractivity contribution in [2.75, 3.05) is 13.1 Å². The van der Waals surface area contributed by atoms with Crippen molar-refractivity contribution in [2.24, 2.45) is 11.7 Å². The first-order valence-corrected chi connectivity index (χ1v) is 5.67. The Balaban J connectivity index is 2.73. The van der Waals surface area contributed by atoms with Gasteiger partial charge < -0.3 is 15.6 Å². The lowest BCUT2D eigenvalue weighted by molar-refractivity contribution is -0.142. The summed E-state index contributed by atoms with van der Waals surface area (Å²) in [5, 5.41) is 9.05. The molecule has 1 fully saturated rings. The zero-order valence-corrected chi connectivity index (χ0v) is 10.5. The molecule has 0 aliphatic carbocycles. The van der Waals surface area contributed by atoms with E-state index in [9.17, 15) is 9.59 Å². The summed E-state index contributed by atoms with van der Waals surface area (Å²) in [5.41, 5.74) is 4.89. The maximum atomic E-state index is 11.8. The molecule has 0 aromatic heterocycles. The minimum atomic E-state index is -1.01. The van der Waals surface area contributed by atoms with Crippen LogP contribution in [0.5, 0.6) is 0 Å². The molecule has 98 valence electrons. The Morgan fingerprint density at radius 2 is 2.06 bits per heavy atom. The Hall–Kier alpha value is -1.30. The number of aliphatic carboxylic acids is 1. The summed E-state index contributed by atoms with van der Waals surface area (Å²) < 4.78 is 5.18. The van der Waals surface area contributed by atoms with E-state index in [0.29, 0.717) is 19.5 Å². The van der Waals surface area contributed by atoms with E-state index >= 15 is 0 Å². The maximum Gasteiger partial charge on any atom is 0.411 e. The summed E-state index contributed by atoms with van der Waals surface area (Å²) >= 11 is 0. The molecular weight excluding hydrogens is 224 g/mol. The van der Waals surface area contributed by atoms with Gasteiger partial charge in [-0.25, -0.2) is 9.59 Å². The van der Waals surface area contributed by atoms with Crippen molar-refractivity contribution in [3.63, 3.8) is 0 Å². The highest BCUT2D eigenvalue weighted by molar-refractivity contribution is 5.81. The first-order valence-electron chi connectivity index (χ1n) is 5.67. The average Bonchev–Trinajstić information content (AvgIpc) is 2.58. The van der Waals surface area contributed by atoms with Gasteiger partial charge in [-0.2, -0.15) is 0 Å². The molecule has 1 rings (SSSR count). The first kappa shape index (κ1) is 13.8. The Kier molecular flexibility index (Phi) is 3.98. The lowest BCUT2D eigenvalue weighted by Crippen LogP contribution is -2.43. The van der Waals surface area contributed by atoms with E-state index < -0.39 is 23.7 Å². The number of ether oxygens (including phenoxy) is 1. The average molecular weight is 244 g/mol. The van der Waals surface area contributed by atoms with E-state index in [0.717, 1.165) is 0 Å². The van der Waals surface area contributed by atoms with Crippen molar-refractivity contribution >= 4 is 12.1 Å². The summed E-state index contributed by atoms with van der Waals surface area (Å²) in [6.07, 6.45) is -0.189. The minimum Gasteiger partial charge on any atom is -0.480 e. The van der Waals surface area contributed by atoms with Gasteiger partial charge in [0.05, 0.1) is 0 Å². The molecule has 17 heavy (non-hydrogen) atoms. The van der Waals surface area contributed by atoms with Crippen LogP contribution in [0.25, 0.3) is 0 Å². The van der Waals surface area contributed by atoms with Gasteiger partial charge in [-0.1, -0.05) is 0 Å². The fraction of sp³-hybridized carbons (Fsp3) is 0.818. The van der Waals surface area contributed by atoms with Crippen LogP contribution in [0.4, 0.5) is 4.79 Å². The Bertz CT molecular complexity index is 311. The molecule has 0 saturated carbocycles. The van der Waals surface area contributed by atoms with Crippen molar-refractivity contribution in [2.45, 2.75) is 38.8 Å². The van der Waals surface area contributed by atoms with Gasteiger partial charge in [-0.15, -0.1) is 0 Å². The number of hydrogen-bond acceptors (Lipinski definition) is 4. The van der Waals surface area contributed by atoms with E-state index in [2.05, 4.69) is 0 Å². The van der Waals surface area contributed by atoms with Gasteiger partial charge in [0, 0.05) is 6.54 Å². The van der Waals surface area contributed by atoms with Crippen molar-refractivity contribution in [1.29, 1.82) is 0 Å². The van der Waals surface area contributed by atoms with E-state index in [1.165, 1.54) is 4.90 Å². The smallest absolute Gasteiger partial charge is 0.411 e. The highest BCUT2D eigenvalue weighted by atomic mass is 16.6. The molecule has 0 bridgehead atoms. The second-order valence-electron chi connectivity index (χ2n) is 5.32. The zero-order chi connectivity index (χ0) is 13.2. The SMILES string of the molecule is CC(C)(C)OC(=O)N1C[C@H](CN)C[C@H]1C(=O)O. The third-order valence-corrected chi connectivity index (χ3v) is 2.63. The molecule has 1 saturated heterocycles. The van der Waals surface area contributed by atoms with Gasteiger partial charge in [-0.3, -0.25) is 4.90 Å². The predicted octanol–water partition coefficient (Wildman–Crippen LogP) is 0.655. The number of likely N-dealkylation sites (tertiary alicyclic amines) is 1. The maximum absolute atomic E-state index is 11.8. The van der Waals surface area contributed by atoms with Gasteiger partial charge >= 0.3 is 12.1 Å². The second kappa shape index (κ2) is 4.91. The molecule has 1 aliphatic rings.